The van der Waals surface area contributed by atoms with Crippen molar-refractivity contribution < 1.29 is 28.6 Å². The summed E-state index contributed by atoms with van der Waals surface area (Å²) in [6.45, 7) is 6.31. The van der Waals surface area contributed by atoms with Gasteiger partial charge in [-0.2, -0.15) is 0 Å². The van der Waals surface area contributed by atoms with Crippen molar-refractivity contribution in [2.75, 3.05) is 13.2 Å². The van der Waals surface area contributed by atoms with Crippen molar-refractivity contribution in [2.24, 2.45) is 0 Å². The number of esters is 3. The normalized spacial score (nSPS) is 12.9. The fourth-order valence-corrected chi connectivity index (χ4v) is 5.83. The maximum Gasteiger partial charge on any atom is 0.306 e. The Hall–Kier alpha value is -3.67. The highest BCUT2D eigenvalue weighted by atomic mass is 16.6. The van der Waals surface area contributed by atoms with Crippen molar-refractivity contribution >= 4 is 17.9 Å². The molecular weight excluding hydrogens is 721 g/mol. The van der Waals surface area contributed by atoms with Gasteiger partial charge >= 0.3 is 17.9 Å². The van der Waals surface area contributed by atoms with Crippen LogP contribution in [0.25, 0.3) is 0 Å². The summed E-state index contributed by atoms with van der Waals surface area (Å²) in [5, 5.41) is 0. The molecule has 0 rings (SSSR count). The minimum atomic E-state index is -0.790. The van der Waals surface area contributed by atoms with Crippen LogP contribution in [0.1, 0.15) is 194 Å². The Kier molecular flexibility index (Phi) is 43.1. The van der Waals surface area contributed by atoms with Gasteiger partial charge in [-0.1, -0.05) is 176 Å². The fourth-order valence-electron chi connectivity index (χ4n) is 5.83. The molecule has 0 aliphatic heterocycles. The zero-order valence-electron chi connectivity index (χ0n) is 37.3. The molecule has 0 spiro atoms. The van der Waals surface area contributed by atoms with Crippen molar-refractivity contribution in [1.82, 2.24) is 0 Å². The molecule has 0 aliphatic rings. The quantitative estimate of drug-likeness (QED) is 0.0266. The SMILES string of the molecule is CC/C=C\C/C=C\C/C=C\C/C=C\C/C=C\C/C=C\C/C=C\CCCCCC(=O)OCC(COC(=O)CCCCCCC)OC(=O)CCCCCCC/C=C\CCC. The minimum Gasteiger partial charge on any atom is -0.462 e. The highest BCUT2D eigenvalue weighted by Crippen LogP contribution is 2.12. The van der Waals surface area contributed by atoms with Gasteiger partial charge in [0, 0.05) is 19.3 Å². The van der Waals surface area contributed by atoms with Crippen LogP contribution >= 0.6 is 0 Å². The van der Waals surface area contributed by atoms with Gasteiger partial charge in [0.15, 0.2) is 6.10 Å². The molecule has 1 atom stereocenters. The van der Waals surface area contributed by atoms with Crippen molar-refractivity contribution in [1.29, 1.82) is 0 Å². The second kappa shape index (κ2) is 46.0. The van der Waals surface area contributed by atoms with Crippen LogP contribution in [0.4, 0.5) is 0 Å². The van der Waals surface area contributed by atoms with Gasteiger partial charge in [0.2, 0.25) is 0 Å². The van der Waals surface area contributed by atoms with E-state index in [1.807, 2.05) is 0 Å². The van der Waals surface area contributed by atoms with Gasteiger partial charge in [0.1, 0.15) is 13.2 Å². The number of unbranched alkanes of at least 4 members (excludes halogenated alkanes) is 13. The smallest absolute Gasteiger partial charge is 0.306 e. The molecule has 0 amide bonds. The summed E-state index contributed by atoms with van der Waals surface area (Å²) >= 11 is 0. The van der Waals surface area contributed by atoms with E-state index in [4.69, 9.17) is 14.2 Å². The number of carbonyl (C=O) groups excluding carboxylic acids is 3. The van der Waals surface area contributed by atoms with Crippen LogP contribution in [0.5, 0.6) is 0 Å². The van der Waals surface area contributed by atoms with Crippen LogP contribution in [0.3, 0.4) is 0 Å². The summed E-state index contributed by atoms with van der Waals surface area (Å²) in [5.74, 6) is -0.964. The zero-order chi connectivity index (χ0) is 42.3. The van der Waals surface area contributed by atoms with Crippen molar-refractivity contribution in [3.05, 3.63) is 97.2 Å². The van der Waals surface area contributed by atoms with E-state index in [2.05, 4.69) is 118 Å². The van der Waals surface area contributed by atoms with Gasteiger partial charge in [-0.25, -0.2) is 0 Å². The summed E-state index contributed by atoms with van der Waals surface area (Å²) in [7, 11) is 0. The average molecular weight is 805 g/mol. The lowest BCUT2D eigenvalue weighted by Gasteiger charge is -2.18. The van der Waals surface area contributed by atoms with E-state index in [-0.39, 0.29) is 31.1 Å². The summed E-state index contributed by atoms with van der Waals surface area (Å²) < 4.78 is 16.5. The molecule has 1 unspecified atom stereocenters. The number of hydrogen-bond acceptors (Lipinski definition) is 6. The van der Waals surface area contributed by atoms with Gasteiger partial charge in [-0.3, -0.25) is 14.4 Å². The second-order valence-corrected chi connectivity index (χ2v) is 14.9. The predicted octanol–water partition coefficient (Wildman–Crippen LogP) is 15.0. The molecule has 328 valence electrons. The molecule has 6 nitrogen and oxygen atoms in total. The maximum atomic E-state index is 12.6. The van der Waals surface area contributed by atoms with Crippen molar-refractivity contribution in [3.8, 4) is 0 Å². The van der Waals surface area contributed by atoms with Crippen molar-refractivity contribution in [2.45, 2.75) is 200 Å². The van der Waals surface area contributed by atoms with Crippen LogP contribution in [-0.4, -0.2) is 37.2 Å². The maximum absolute atomic E-state index is 12.6. The van der Waals surface area contributed by atoms with E-state index in [1.165, 1.54) is 12.8 Å². The third-order valence-electron chi connectivity index (χ3n) is 9.30. The summed E-state index contributed by atoms with van der Waals surface area (Å²) in [6, 6.07) is 0. The number of allylic oxidation sites excluding steroid dienone is 16. The lowest BCUT2D eigenvalue weighted by molar-refractivity contribution is -0.167. The topological polar surface area (TPSA) is 78.9 Å². The van der Waals surface area contributed by atoms with Crippen LogP contribution in [0.2, 0.25) is 0 Å². The molecular formula is C52H84O6. The van der Waals surface area contributed by atoms with Gasteiger partial charge in [0.25, 0.3) is 0 Å². The second-order valence-electron chi connectivity index (χ2n) is 14.9. The Morgan fingerprint density at radius 1 is 0.362 bits per heavy atom. The monoisotopic (exact) mass is 805 g/mol. The van der Waals surface area contributed by atoms with Crippen LogP contribution in [0.15, 0.2) is 97.2 Å². The van der Waals surface area contributed by atoms with E-state index >= 15 is 0 Å². The molecule has 0 heterocycles. The Bertz CT molecular complexity index is 1200. The molecule has 0 aliphatic carbocycles. The van der Waals surface area contributed by atoms with Gasteiger partial charge in [-0.15, -0.1) is 0 Å². The van der Waals surface area contributed by atoms with Gasteiger partial charge < -0.3 is 14.2 Å². The van der Waals surface area contributed by atoms with Crippen LogP contribution < -0.4 is 0 Å². The third kappa shape index (κ3) is 43.5. The molecule has 0 fully saturated rings. The molecule has 0 aromatic carbocycles. The number of rotatable bonds is 40. The Morgan fingerprint density at radius 2 is 0.707 bits per heavy atom. The van der Waals surface area contributed by atoms with E-state index < -0.39 is 6.10 Å². The lowest BCUT2D eigenvalue weighted by atomic mass is 10.1. The van der Waals surface area contributed by atoms with Gasteiger partial charge in [-0.05, 0) is 96.3 Å². The number of ether oxygens (including phenoxy) is 3. The first-order chi connectivity index (χ1) is 28.5. The molecule has 0 saturated carbocycles. The fraction of sp³-hybridized carbons (Fsp3) is 0.635. The molecule has 0 saturated heterocycles. The van der Waals surface area contributed by atoms with Gasteiger partial charge in [0.05, 0.1) is 0 Å². The first kappa shape index (κ1) is 54.3. The summed E-state index contributed by atoms with van der Waals surface area (Å²) in [4.78, 5) is 37.4. The first-order valence-corrected chi connectivity index (χ1v) is 23.2. The largest absolute Gasteiger partial charge is 0.462 e. The highest BCUT2D eigenvalue weighted by molar-refractivity contribution is 5.71. The summed E-state index contributed by atoms with van der Waals surface area (Å²) in [5.41, 5.74) is 0. The molecule has 6 heteroatoms. The molecule has 0 bridgehead atoms. The lowest BCUT2D eigenvalue weighted by Crippen LogP contribution is -2.30. The van der Waals surface area contributed by atoms with E-state index in [0.29, 0.717) is 19.3 Å². The van der Waals surface area contributed by atoms with Crippen LogP contribution in [-0.2, 0) is 28.6 Å². The Balaban J connectivity index is 4.23. The molecule has 0 radical (unpaired) electrons. The number of hydrogen-bond donors (Lipinski definition) is 0. The molecule has 0 N–H and O–H groups in total. The Labute approximate surface area is 356 Å². The zero-order valence-corrected chi connectivity index (χ0v) is 37.3. The standard InChI is InChI=1S/C52H84O6/c1-4-7-10-13-15-17-19-20-21-22-23-24-25-26-27-28-29-30-31-32-33-35-36-39-42-45-51(54)57-48-49(47-56-50(53)44-41-38-12-9-6-3)58-52(55)46-43-40-37-34-18-16-14-11-8-5-2/h7,10-11,14-15,17,20-21,23-24,26-27,29-30,32-33,49H,4-6,8-9,12-13,16,18-19,22,25,28,31,34-48H2,1-3H3/b10-7-,14-11-,17-15-,21-20-,24-23-,27-26-,30-29-,33-32-. The van der Waals surface area contributed by atoms with E-state index in [9.17, 15) is 14.4 Å². The van der Waals surface area contributed by atoms with Crippen LogP contribution in [0, 0.1) is 0 Å². The predicted molar refractivity (Wildman–Crippen MR) is 247 cm³/mol. The third-order valence-corrected chi connectivity index (χ3v) is 9.30. The molecule has 0 aromatic rings. The van der Waals surface area contributed by atoms with E-state index in [1.54, 1.807) is 0 Å². The molecule has 0 aromatic heterocycles. The number of carbonyl (C=O) groups is 3. The average Bonchev–Trinajstić information content (AvgIpc) is 3.22. The Morgan fingerprint density at radius 3 is 1.16 bits per heavy atom. The minimum absolute atomic E-state index is 0.0940. The first-order valence-electron chi connectivity index (χ1n) is 23.2. The highest BCUT2D eigenvalue weighted by Gasteiger charge is 2.19. The summed E-state index contributed by atoms with van der Waals surface area (Å²) in [6.07, 6.45) is 60.0. The molecule has 58 heavy (non-hydrogen) atoms. The van der Waals surface area contributed by atoms with E-state index in [0.717, 1.165) is 141 Å². The van der Waals surface area contributed by atoms with Crippen molar-refractivity contribution in [3.63, 3.8) is 0 Å².